The molecule has 3 heterocycles. The van der Waals surface area contributed by atoms with E-state index in [0.29, 0.717) is 17.2 Å². The van der Waals surface area contributed by atoms with E-state index >= 15 is 0 Å². The molecule has 3 rings (SSSR count). The molecule has 104 valence electrons. The van der Waals surface area contributed by atoms with E-state index < -0.39 is 0 Å². The van der Waals surface area contributed by atoms with Crippen molar-refractivity contribution in [3.8, 4) is 35.0 Å². The van der Waals surface area contributed by atoms with Crippen LogP contribution < -0.4 is 0 Å². The van der Waals surface area contributed by atoms with E-state index in [2.05, 4.69) is 15.0 Å². The first-order valence-electron chi connectivity index (χ1n) is 6.50. The first-order valence-corrected chi connectivity index (χ1v) is 6.50. The Balaban J connectivity index is 2.14. The Hall–Kier alpha value is -3.51. The van der Waals surface area contributed by atoms with Gasteiger partial charge in [-0.05, 0) is 24.3 Å². The molecule has 3 aromatic rings. The lowest BCUT2D eigenvalue weighted by atomic mass is 10.2. The minimum absolute atomic E-state index is 0.102. The van der Waals surface area contributed by atoms with Gasteiger partial charge in [-0.15, -0.1) is 0 Å². The summed E-state index contributed by atoms with van der Waals surface area (Å²) in [7, 11) is 1.69. The van der Waals surface area contributed by atoms with Crippen LogP contribution in [0.25, 0.3) is 22.9 Å². The van der Waals surface area contributed by atoms with Crippen LogP contribution >= 0.6 is 0 Å². The molecule has 0 atom stereocenters. The number of pyridine rings is 2. The van der Waals surface area contributed by atoms with Crippen LogP contribution in [0.5, 0.6) is 0 Å². The van der Waals surface area contributed by atoms with Crippen LogP contribution in [-0.4, -0.2) is 19.5 Å². The predicted octanol–water partition coefficient (Wildman–Crippen LogP) is 2.29. The van der Waals surface area contributed by atoms with Gasteiger partial charge in [-0.1, -0.05) is 12.1 Å². The molecule has 0 aliphatic carbocycles. The normalized spacial score (nSPS) is 9.95. The summed E-state index contributed by atoms with van der Waals surface area (Å²) in [5.74, 6) is 0.478. The maximum Gasteiger partial charge on any atom is 0.177 e. The minimum atomic E-state index is 0.102. The molecule has 0 fully saturated rings. The maximum absolute atomic E-state index is 9.13. The van der Waals surface area contributed by atoms with Crippen LogP contribution in [0.1, 0.15) is 11.4 Å². The highest BCUT2D eigenvalue weighted by Crippen LogP contribution is 2.22. The van der Waals surface area contributed by atoms with Gasteiger partial charge < -0.3 is 4.57 Å². The molecule has 0 saturated heterocycles. The summed E-state index contributed by atoms with van der Waals surface area (Å²) in [6.45, 7) is 0. The van der Waals surface area contributed by atoms with Gasteiger partial charge in [0.15, 0.2) is 17.2 Å². The Morgan fingerprint density at radius 3 is 2.32 bits per heavy atom. The fourth-order valence-electron chi connectivity index (χ4n) is 2.15. The molecule has 0 aliphatic heterocycles. The average molecular weight is 286 g/mol. The summed E-state index contributed by atoms with van der Waals surface area (Å²) in [5, 5.41) is 18.2. The quantitative estimate of drug-likeness (QED) is 0.720. The topological polar surface area (TPSA) is 91.2 Å². The van der Waals surface area contributed by atoms with E-state index in [4.69, 9.17) is 10.5 Å². The molecule has 0 spiro atoms. The lowest BCUT2D eigenvalue weighted by Crippen LogP contribution is -1.98. The summed E-state index contributed by atoms with van der Waals surface area (Å²) < 4.78 is 1.57. The molecule has 0 saturated carbocycles. The zero-order chi connectivity index (χ0) is 15.5. The van der Waals surface area contributed by atoms with Crippen molar-refractivity contribution in [2.45, 2.75) is 0 Å². The average Bonchev–Trinajstić information content (AvgIpc) is 2.91. The van der Waals surface area contributed by atoms with E-state index in [1.807, 2.05) is 42.5 Å². The number of aromatic nitrogens is 4. The van der Waals surface area contributed by atoms with E-state index in [0.717, 1.165) is 5.69 Å². The van der Waals surface area contributed by atoms with E-state index in [1.165, 1.54) is 0 Å². The summed E-state index contributed by atoms with van der Waals surface area (Å²) >= 11 is 0. The standard InChI is InChI=1S/C16H10N6/c1-22-15(10-18)14(9-17)21-16(22)13-7-4-6-12(20-13)11-5-2-3-8-19-11/h2-8H,1H3. The monoisotopic (exact) mass is 286 g/mol. The first-order chi connectivity index (χ1) is 10.7. The van der Waals surface area contributed by atoms with Crippen molar-refractivity contribution in [3.63, 3.8) is 0 Å². The van der Waals surface area contributed by atoms with Gasteiger partial charge in [-0.25, -0.2) is 9.97 Å². The number of imidazole rings is 1. The second-order valence-electron chi connectivity index (χ2n) is 4.54. The van der Waals surface area contributed by atoms with Crippen LogP contribution in [0.4, 0.5) is 0 Å². The summed E-state index contributed by atoms with van der Waals surface area (Å²) in [6, 6.07) is 15.0. The van der Waals surface area contributed by atoms with Gasteiger partial charge in [0.05, 0.1) is 11.4 Å². The van der Waals surface area contributed by atoms with Crippen molar-refractivity contribution >= 4 is 0 Å². The van der Waals surface area contributed by atoms with Crippen LogP contribution in [0, 0.1) is 22.7 Å². The zero-order valence-corrected chi connectivity index (χ0v) is 11.7. The second kappa shape index (κ2) is 5.47. The molecule has 0 aromatic carbocycles. The lowest BCUT2D eigenvalue weighted by Gasteiger charge is -2.04. The van der Waals surface area contributed by atoms with Gasteiger partial charge in [0.1, 0.15) is 17.8 Å². The molecule has 6 nitrogen and oxygen atoms in total. The van der Waals surface area contributed by atoms with E-state index in [1.54, 1.807) is 23.9 Å². The Morgan fingerprint density at radius 2 is 1.68 bits per heavy atom. The highest BCUT2D eigenvalue weighted by atomic mass is 15.1. The number of nitriles is 2. The Bertz CT molecular complexity index is 912. The van der Waals surface area contributed by atoms with Crippen molar-refractivity contribution in [3.05, 3.63) is 54.0 Å². The number of hydrogen-bond donors (Lipinski definition) is 0. The van der Waals surface area contributed by atoms with Gasteiger partial charge in [0.2, 0.25) is 0 Å². The van der Waals surface area contributed by atoms with Gasteiger partial charge >= 0.3 is 0 Å². The van der Waals surface area contributed by atoms with Crippen LogP contribution in [0.3, 0.4) is 0 Å². The Labute approximate surface area is 127 Å². The van der Waals surface area contributed by atoms with E-state index in [-0.39, 0.29) is 11.4 Å². The SMILES string of the molecule is Cn1c(-c2cccc(-c3ccccn3)n2)nc(C#N)c1C#N. The number of hydrogen-bond acceptors (Lipinski definition) is 5. The minimum Gasteiger partial charge on any atom is -0.316 e. The molecule has 3 aromatic heterocycles. The first kappa shape index (κ1) is 13.5. The molecule has 22 heavy (non-hydrogen) atoms. The summed E-state index contributed by atoms with van der Waals surface area (Å²) in [6.07, 6.45) is 1.70. The fourth-order valence-corrected chi connectivity index (χ4v) is 2.15. The van der Waals surface area contributed by atoms with Gasteiger partial charge in [0.25, 0.3) is 0 Å². The molecular formula is C16H10N6. The molecule has 6 heteroatoms. The molecular weight excluding hydrogens is 276 g/mol. The van der Waals surface area contributed by atoms with Crippen molar-refractivity contribution in [1.29, 1.82) is 10.5 Å². The second-order valence-corrected chi connectivity index (χ2v) is 4.54. The highest BCUT2D eigenvalue weighted by molar-refractivity contribution is 5.61. The zero-order valence-electron chi connectivity index (χ0n) is 11.7. The lowest BCUT2D eigenvalue weighted by molar-refractivity contribution is 0.901. The molecule has 0 amide bonds. The third-order valence-electron chi connectivity index (χ3n) is 3.21. The number of rotatable bonds is 2. The molecule has 0 radical (unpaired) electrons. The van der Waals surface area contributed by atoms with Crippen molar-refractivity contribution in [2.24, 2.45) is 7.05 Å². The van der Waals surface area contributed by atoms with Crippen molar-refractivity contribution < 1.29 is 0 Å². The Kier molecular flexibility index (Phi) is 3.35. The molecule has 0 bridgehead atoms. The highest BCUT2D eigenvalue weighted by Gasteiger charge is 2.16. The van der Waals surface area contributed by atoms with Gasteiger partial charge in [-0.3, -0.25) is 4.98 Å². The van der Waals surface area contributed by atoms with Crippen molar-refractivity contribution in [2.75, 3.05) is 0 Å². The van der Waals surface area contributed by atoms with Crippen LogP contribution in [-0.2, 0) is 7.05 Å². The molecule has 0 unspecified atom stereocenters. The van der Waals surface area contributed by atoms with Crippen LogP contribution in [0.2, 0.25) is 0 Å². The predicted molar refractivity (Wildman–Crippen MR) is 79.1 cm³/mol. The summed E-state index contributed by atoms with van der Waals surface area (Å²) in [4.78, 5) is 13.0. The molecule has 0 N–H and O–H groups in total. The fraction of sp³-hybridized carbons (Fsp3) is 0.0625. The van der Waals surface area contributed by atoms with Crippen molar-refractivity contribution in [1.82, 2.24) is 19.5 Å². The Morgan fingerprint density at radius 1 is 0.909 bits per heavy atom. The van der Waals surface area contributed by atoms with Crippen LogP contribution in [0.15, 0.2) is 42.6 Å². The third-order valence-corrected chi connectivity index (χ3v) is 3.21. The van der Waals surface area contributed by atoms with Gasteiger partial charge in [-0.2, -0.15) is 10.5 Å². The number of nitrogens with zero attached hydrogens (tertiary/aromatic N) is 6. The smallest absolute Gasteiger partial charge is 0.177 e. The van der Waals surface area contributed by atoms with E-state index in [9.17, 15) is 0 Å². The molecule has 0 aliphatic rings. The largest absolute Gasteiger partial charge is 0.316 e. The maximum atomic E-state index is 9.13. The van der Waals surface area contributed by atoms with Gasteiger partial charge in [0, 0.05) is 13.2 Å². The summed E-state index contributed by atoms with van der Waals surface area (Å²) in [5.41, 5.74) is 2.37. The third kappa shape index (κ3) is 2.19.